The fourth-order valence-electron chi connectivity index (χ4n) is 1.08. The number of nitrogens with two attached hydrogens (primary N) is 1. The maximum Gasteiger partial charge on any atom is 0.262 e. The van der Waals surface area contributed by atoms with Gasteiger partial charge in [-0.15, -0.1) is 0 Å². The van der Waals surface area contributed by atoms with Gasteiger partial charge < -0.3 is 21.0 Å². The van der Waals surface area contributed by atoms with Crippen molar-refractivity contribution >= 4 is 34.7 Å². The summed E-state index contributed by atoms with van der Waals surface area (Å²) in [7, 11) is 0. The Labute approximate surface area is 95.5 Å². The van der Waals surface area contributed by atoms with E-state index in [1.807, 2.05) is 0 Å². The van der Waals surface area contributed by atoms with Crippen molar-refractivity contribution in [3.8, 4) is 0 Å². The SMILES string of the molecule is NC1=NC(=O)C(CC(=O)NCCC(=O)[O-])S1. The standard InChI is InChI=1S/C8H11N3O4S/c9-8-11-7(15)4(16-8)3-5(12)10-2-1-6(13)14/h4H,1-3H2,(H,10,12)(H,13,14)(H2,9,11,15)/p-1. The van der Waals surface area contributed by atoms with Crippen molar-refractivity contribution in [1.29, 1.82) is 0 Å². The third-order valence-corrected chi connectivity index (χ3v) is 2.77. The average molecular weight is 244 g/mol. The van der Waals surface area contributed by atoms with E-state index in [1.54, 1.807) is 0 Å². The van der Waals surface area contributed by atoms with Crippen LogP contribution < -0.4 is 16.2 Å². The van der Waals surface area contributed by atoms with Gasteiger partial charge >= 0.3 is 0 Å². The Balaban J connectivity index is 2.25. The molecule has 0 spiro atoms. The van der Waals surface area contributed by atoms with E-state index in [-0.39, 0.29) is 24.6 Å². The molecule has 0 aromatic rings. The summed E-state index contributed by atoms with van der Waals surface area (Å²) in [5.41, 5.74) is 5.31. The third kappa shape index (κ3) is 3.89. The molecule has 7 nitrogen and oxygen atoms in total. The average Bonchev–Trinajstić information content (AvgIpc) is 2.44. The molecule has 88 valence electrons. The van der Waals surface area contributed by atoms with Crippen LogP contribution in [0.4, 0.5) is 0 Å². The molecule has 1 aliphatic rings. The van der Waals surface area contributed by atoms with Crippen molar-refractivity contribution in [3.63, 3.8) is 0 Å². The molecule has 0 aromatic heterocycles. The van der Waals surface area contributed by atoms with Crippen LogP contribution in [0, 0.1) is 0 Å². The van der Waals surface area contributed by atoms with Crippen LogP contribution in [0.25, 0.3) is 0 Å². The monoisotopic (exact) mass is 244 g/mol. The lowest BCUT2D eigenvalue weighted by Gasteiger charge is -2.07. The smallest absolute Gasteiger partial charge is 0.262 e. The van der Waals surface area contributed by atoms with Gasteiger partial charge in [0.1, 0.15) is 5.25 Å². The van der Waals surface area contributed by atoms with E-state index in [1.165, 1.54) is 0 Å². The normalized spacial score (nSPS) is 19.4. The minimum atomic E-state index is -1.24. The largest absolute Gasteiger partial charge is 0.550 e. The van der Waals surface area contributed by atoms with Gasteiger partial charge in [-0.05, 0) is 0 Å². The lowest BCUT2D eigenvalue weighted by Crippen LogP contribution is -2.33. The third-order valence-electron chi connectivity index (χ3n) is 1.78. The number of carbonyl (C=O) groups excluding carboxylic acids is 3. The number of carboxylic acids is 1. The highest BCUT2D eigenvalue weighted by atomic mass is 32.2. The predicted molar refractivity (Wildman–Crippen MR) is 55.3 cm³/mol. The summed E-state index contributed by atoms with van der Waals surface area (Å²) >= 11 is 1.03. The molecule has 16 heavy (non-hydrogen) atoms. The first-order valence-corrected chi connectivity index (χ1v) is 5.38. The number of hydrogen-bond acceptors (Lipinski definition) is 6. The van der Waals surface area contributed by atoms with Crippen LogP contribution in [0.3, 0.4) is 0 Å². The van der Waals surface area contributed by atoms with Gasteiger partial charge in [-0.3, -0.25) is 9.59 Å². The first-order chi connectivity index (χ1) is 7.49. The number of thioether (sulfide) groups is 1. The molecule has 1 aliphatic heterocycles. The van der Waals surface area contributed by atoms with Crippen molar-refractivity contribution in [2.45, 2.75) is 18.1 Å². The Morgan fingerprint density at radius 3 is 2.75 bits per heavy atom. The number of nitrogens with zero attached hydrogens (tertiary/aromatic N) is 1. The van der Waals surface area contributed by atoms with Crippen LogP contribution in [-0.2, 0) is 14.4 Å². The van der Waals surface area contributed by atoms with Crippen LogP contribution in [-0.4, -0.2) is 34.7 Å². The number of rotatable bonds is 5. The summed E-state index contributed by atoms with van der Waals surface area (Å²) in [5, 5.41) is 12.0. The predicted octanol–water partition coefficient (Wildman–Crippen LogP) is -2.41. The molecule has 0 saturated heterocycles. The first-order valence-electron chi connectivity index (χ1n) is 4.50. The molecular formula is C8H10N3O4S-. The minimum absolute atomic E-state index is 0.0108. The molecule has 0 bridgehead atoms. The Hall–Kier alpha value is -1.57. The summed E-state index contributed by atoms with van der Waals surface area (Å²) in [4.78, 5) is 35.9. The van der Waals surface area contributed by atoms with E-state index >= 15 is 0 Å². The van der Waals surface area contributed by atoms with E-state index in [2.05, 4.69) is 10.3 Å². The molecule has 1 rings (SSSR count). The molecule has 8 heteroatoms. The van der Waals surface area contributed by atoms with Gasteiger partial charge in [-0.2, -0.15) is 4.99 Å². The summed E-state index contributed by atoms with van der Waals surface area (Å²) in [6.45, 7) is -0.0108. The number of hydrogen-bond donors (Lipinski definition) is 2. The van der Waals surface area contributed by atoms with Crippen molar-refractivity contribution < 1.29 is 19.5 Å². The van der Waals surface area contributed by atoms with Gasteiger partial charge in [-0.1, -0.05) is 11.8 Å². The van der Waals surface area contributed by atoms with E-state index in [0.717, 1.165) is 11.8 Å². The van der Waals surface area contributed by atoms with Crippen molar-refractivity contribution in [1.82, 2.24) is 5.32 Å². The molecule has 0 aliphatic carbocycles. The van der Waals surface area contributed by atoms with E-state index < -0.39 is 23.0 Å². The summed E-state index contributed by atoms with van der Waals surface area (Å²) in [6.07, 6.45) is -0.309. The van der Waals surface area contributed by atoms with Gasteiger partial charge in [-0.25, -0.2) is 0 Å². The number of nitrogens with one attached hydrogen (secondary N) is 1. The molecule has 0 saturated carbocycles. The van der Waals surface area contributed by atoms with Crippen LogP contribution >= 0.6 is 11.8 Å². The molecule has 1 atom stereocenters. The number of aliphatic carboxylic acids is 1. The molecular weight excluding hydrogens is 234 g/mol. The van der Waals surface area contributed by atoms with Crippen molar-refractivity contribution in [3.05, 3.63) is 0 Å². The highest BCUT2D eigenvalue weighted by molar-refractivity contribution is 8.15. The second-order valence-electron chi connectivity index (χ2n) is 3.07. The van der Waals surface area contributed by atoms with Crippen LogP contribution in [0.2, 0.25) is 0 Å². The molecule has 1 heterocycles. The van der Waals surface area contributed by atoms with Crippen LogP contribution in [0.15, 0.2) is 4.99 Å². The van der Waals surface area contributed by atoms with E-state index in [9.17, 15) is 19.5 Å². The van der Waals surface area contributed by atoms with Crippen LogP contribution in [0.1, 0.15) is 12.8 Å². The molecule has 2 amide bonds. The fourth-order valence-corrected chi connectivity index (χ4v) is 1.90. The second-order valence-corrected chi connectivity index (χ2v) is 4.29. The minimum Gasteiger partial charge on any atom is -0.550 e. The van der Waals surface area contributed by atoms with E-state index in [0.29, 0.717) is 0 Å². The summed E-state index contributed by atoms with van der Waals surface area (Å²) < 4.78 is 0. The Kier molecular flexibility index (Phi) is 4.29. The van der Waals surface area contributed by atoms with Gasteiger partial charge in [0.25, 0.3) is 5.91 Å². The number of carboxylic acid groups (broad SMARTS) is 1. The van der Waals surface area contributed by atoms with E-state index in [4.69, 9.17) is 5.73 Å². The summed E-state index contributed by atoms with van der Waals surface area (Å²) in [6, 6.07) is 0. The molecule has 0 radical (unpaired) electrons. The Morgan fingerprint density at radius 2 is 2.25 bits per heavy atom. The zero-order chi connectivity index (χ0) is 12.1. The Morgan fingerprint density at radius 1 is 1.56 bits per heavy atom. The van der Waals surface area contributed by atoms with Crippen LogP contribution in [0.5, 0.6) is 0 Å². The lowest BCUT2D eigenvalue weighted by molar-refractivity contribution is -0.305. The Bertz CT molecular complexity index is 355. The quantitative estimate of drug-likeness (QED) is 0.555. The molecule has 0 fully saturated rings. The number of carbonyl (C=O) groups is 3. The molecule has 0 aromatic carbocycles. The zero-order valence-electron chi connectivity index (χ0n) is 8.26. The fraction of sp³-hybridized carbons (Fsp3) is 0.500. The first kappa shape index (κ1) is 12.5. The topological polar surface area (TPSA) is 125 Å². The van der Waals surface area contributed by atoms with Crippen molar-refractivity contribution in [2.24, 2.45) is 10.7 Å². The highest BCUT2D eigenvalue weighted by Gasteiger charge is 2.28. The number of aliphatic imine (C=N–C) groups is 1. The van der Waals surface area contributed by atoms with Crippen molar-refractivity contribution in [2.75, 3.05) is 6.54 Å². The lowest BCUT2D eigenvalue weighted by atomic mass is 10.2. The second kappa shape index (κ2) is 5.50. The van der Waals surface area contributed by atoms with Gasteiger partial charge in [0, 0.05) is 25.4 Å². The molecule has 1 unspecified atom stereocenters. The zero-order valence-corrected chi connectivity index (χ0v) is 9.08. The summed E-state index contributed by atoms with van der Waals surface area (Å²) in [5.74, 6) is -2.08. The van der Waals surface area contributed by atoms with Gasteiger partial charge in [0.05, 0.1) is 0 Å². The van der Waals surface area contributed by atoms with Gasteiger partial charge in [0.15, 0.2) is 5.17 Å². The number of amidine groups is 1. The maximum absolute atomic E-state index is 11.3. The highest BCUT2D eigenvalue weighted by Crippen LogP contribution is 2.22. The molecule has 3 N–H and O–H groups in total. The maximum atomic E-state index is 11.3. The van der Waals surface area contributed by atoms with Gasteiger partial charge in [0.2, 0.25) is 5.91 Å². The number of amides is 2.